The number of amidine groups is 1. The molecule has 1 aliphatic rings. The normalized spacial score (nSPS) is 17.6. The summed E-state index contributed by atoms with van der Waals surface area (Å²) in [6.45, 7) is 1.94. The Balaban J connectivity index is 1.93. The molecule has 0 aliphatic carbocycles. The highest BCUT2D eigenvalue weighted by atomic mass is 35.5. The minimum Gasteiger partial charge on any atom is -0.286 e. The van der Waals surface area contributed by atoms with Crippen LogP contribution in [0.4, 0.5) is 5.69 Å². The van der Waals surface area contributed by atoms with Crippen molar-refractivity contribution in [3.63, 3.8) is 0 Å². The van der Waals surface area contributed by atoms with Gasteiger partial charge in [0.15, 0.2) is 5.17 Å². The predicted molar refractivity (Wildman–Crippen MR) is 110 cm³/mol. The van der Waals surface area contributed by atoms with E-state index in [2.05, 4.69) is 4.40 Å². The molecule has 12 heteroatoms. The summed E-state index contributed by atoms with van der Waals surface area (Å²) in [4.78, 5) is 24.3. The minimum absolute atomic E-state index is 0.0121. The van der Waals surface area contributed by atoms with Crippen molar-refractivity contribution in [3.05, 3.63) is 61.3 Å². The topological polar surface area (TPSA) is 110 Å². The summed E-state index contributed by atoms with van der Waals surface area (Å²) in [5.74, 6) is -0.385. The number of nitrogens with zero attached hydrogens (tertiary/aromatic N) is 3. The number of carbonyl (C=O) groups excluding carboxylic acids is 1. The van der Waals surface area contributed by atoms with E-state index in [1.165, 1.54) is 47.4 Å². The summed E-state index contributed by atoms with van der Waals surface area (Å²) < 4.78 is 29.0. The fourth-order valence-corrected chi connectivity index (χ4v) is 5.99. The van der Waals surface area contributed by atoms with Gasteiger partial charge in [-0.2, -0.15) is 8.42 Å². The molecule has 1 amide bonds. The maximum Gasteiger partial charge on any atom is 0.294 e. The molecule has 146 valence electrons. The van der Waals surface area contributed by atoms with E-state index < -0.39 is 14.9 Å². The van der Waals surface area contributed by atoms with Crippen LogP contribution in [0.25, 0.3) is 6.08 Å². The second kappa shape index (κ2) is 8.03. The summed E-state index contributed by atoms with van der Waals surface area (Å²) in [6, 6.07) is 8.49. The van der Waals surface area contributed by atoms with E-state index in [1.807, 2.05) is 0 Å². The number of nitro benzene ring substituents is 1. The van der Waals surface area contributed by atoms with E-state index in [0.29, 0.717) is 9.90 Å². The van der Waals surface area contributed by atoms with Crippen LogP contribution < -0.4 is 0 Å². The minimum atomic E-state index is -4.00. The summed E-state index contributed by atoms with van der Waals surface area (Å²) in [6.07, 6.45) is 1.54. The quantitative estimate of drug-likeness (QED) is 0.381. The summed E-state index contributed by atoms with van der Waals surface area (Å²) in [5, 5.41) is 10.8. The lowest BCUT2D eigenvalue weighted by molar-refractivity contribution is -0.384. The third-order valence-electron chi connectivity index (χ3n) is 3.61. The number of sulfonamides is 1. The Morgan fingerprint density at radius 1 is 1.25 bits per heavy atom. The number of halogens is 1. The Morgan fingerprint density at radius 2 is 1.93 bits per heavy atom. The van der Waals surface area contributed by atoms with E-state index in [-0.39, 0.29) is 32.4 Å². The van der Waals surface area contributed by atoms with Crippen molar-refractivity contribution >= 4 is 67.6 Å². The summed E-state index contributed by atoms with van der Waals surface area (Å²) >= 11 is 7.60. The molecular weight excluding hydrogens is 446 g/mol. The van der Waals surface area contributed by atoms with Crippen molar-refractivity contribution in [1.82, 2.24) is 4.90 Å². The van der Waals surface area contributed by atoms with E-state index in [0.717, 1.165) is 23.1 Å². The van der Waals surface area contributed by atoms with Crippen molar-refractivity contribution in [3.8, 4) is 0 Å². The Kier molecular flexibility index (Phi) is 5.89. The Bertz CT molecular complexity index is 1110. The number of hydrogen-bond donors (Lipinski definition) is 0. The number of non-ortho nitro benzene ring substituents is 1. The maximum absolute atomic E-state index is 12.6. The van der Waals surface area contributed by atoms with Crippen molar-refractivity contribution in [1.29, 1.82) is 0 Å². The molecule has 1 fully saturated rings. The van der Waals surface area contributed by atoms with Crippen molar-refractivity contribution in [2.24, 2.45) is 4.40 Å². The van der Waals surface area contributed by atoms with Crippen LogP contribution in [0.5, 0.6) is 0 Å². The van der Waals surface area contributed by atoms with Crippen molar-refractivity contribution < 1.29 is 18.1 Å². The fraction of sp³-hybridized carbons (Fsp3) is 0.125. The molecule has 0 bridgehead atoms. The first-order valence-corrected chi connectivity index (χ1v) is 11.2. The number of hydrogen-bond acceptors (Lipinski definition) is 7. The highest BCUT2D eigenvalue weighted by Gasteiger charge is 2.34. The molecule has 0 spiro atoms. The molecule has 0 atom stereocenters. The summed E-state index contributed by atoms with van der Waals surface area (Å²) in [7, 11) is -4.00. The van der Waals surface area contributed by atoms with Gasteiger partial charge < -0.3 is 0 Å². The van der Waals surface area contributed by atoms with Gasteiger partial charge in [-0.3, -0.25) is 19.8 Å². The number of thioether (sulfide) groups is 1. The number of benzene rings is 1. The van der Waals surface area contributed by atoms with Crippen molar-refractivity contribution in [2.75, 3.05) is 6.54 Å². The van der Waals surface area contributed by atoms with Gasteiger partial charge in [-0.05, 0) is 54.6 Å². The van der Waals surface area contributed by atoms with Crippen LogP contribution in [0, 0.1) is 10.1 Å². The van der Waals surface area contributed by atoms with Gasteiger partial charge in [-0.1, -0.05) is 11.6 Å². The monoisotopic (exact) mass is 457 g/mol. The lowest BCUT2D eigenvalue weighted by atomic mass is 10.2. The predicted octanol–water partition coefficient (Wildman–Crippen LogP) is 3.99. The van der Waals surface area contributed by atoms with Crippen LogP contribution >= 0.6 is 34.7 Å². The first-order chi connectivity index (χ1) is 13.2. The second-order valence-electron chi connectivity index (χ2n) is 5.42. The molecular formula is C16H12ClN3O5S3. The lowest BCUT2D eigenvalue weighted by Gasteiger charge is -2.11. The van der Waals surface area contributed by atoms with Gasteiger partial charge in [0, 0.05) is 18.7 Å². The van der Waals surface area contributed by atoms with Crippen molar-refractivity contribution in [2.45, 2.75) is 11.1 Å². The van der Waals surface area contributed by atoms with E-state index in [1.54, 1.807) is 6.92 Å². The Labute approximate surface area is 173 Å². The fourth-order valence-electron chi connectivity index (χ4n) is 2.28. The zero-order chi connectivity index (χ0) is 20.5. The van der Waals surface area contributed by atoms with Crippen LogP contribution in [-0.4, -0.2) is 35.9 Å². The van der Waals surface area contributed by atoms with Gasteiger partial charge in [-0.25, -0.2) is 0 Å². The average Bonchev–Trinajstić information content (AvgIpc) is 3.19. The number of amides is 1. The molecule has 1 aromatic carbocycles. The van der Waals surface area contributed by atoms with Gasteiger partial charge in [0.1, 0.15) is 4.21 Å². The Hall–Kier alpha value is -2.21. The number of nitro groups is 1. The summed E-state index contributed by atoms with van der Waals surface area (Å²) in [5.41, 5.74) is 0.511. The molecule has 2 heterocycles. The van der Waals surface area contributed by atoms with Gasteiger partial charge >= 0.3 is 0 Å². The molecule has 0 radical (unpaired) electrons. The first kappa shape index (κ1) is 20.5. The molecule has 3 rings (SSSR count). The Morgan fingerprint density at radius 3 is 2.46 bits per heavy atom. The molecule has 1 aliphatic heterocycles. The van der Waals surface area contributed by atoms with Gasteiger partial charge in [-0.15, -0.1) is 15.7 Å². The first-order valence-electron chi connectivity index (χ1n) is 7.77. The van der Waals surface area contributed by atoms with Gasteiger partial charge in [0.2, 0.25) is 0 Å². The SMILES string of the molecule is CCN1C(=O)C(=Cc2ccc([N+](=O)[O-])cc2)SC1=NS(=O)(=O)c1ccc(Cl)s1. The molecule has 1 aromatic heterocycles. The van der Waals surface area contributed by atoms with E-state index >= 15 is 0 Å². The van der Waals surface area contributed by atoms with Crippen LogP contribution in [0.3, 0.4) is 0 Å². The number of likely N-dealkylation sites (N-methyl/N-ethyl adjacent to an activating group) is 1. The van der Waals surface area contributed by atoms with E-state index in [4.69, 9.17) is 11.6 Å². The highest BCUT2D eigenvalue weighted by Crippen LogP contribution is 2.35. The van der Waals surface area contributed by atoms with Crippen LogP contribution in [-0.2, 0) is 14.8 Å². The molecule has 0 unspecified atom stereocenters. The van der Waals surface area contributed by atoms with Crippen LogP contribution in [0.15, 0.2) is 49.9 Å². The third kappa shape index (κ3) is 4.27. The van der Waals surface area contributed by atoms with Crippen LogP contribution in [0.1, 0.15) is 12.5 Å². The second-order valence-corrected chi connectivity index (χ2v) is 9.97. The smallest absolute Gasteiger partial charge is 0.286 e. The number of carbonyl (C=O) groups is 1. The standard InChI is InChI=1S/C16H12ClN3O5S3/c1-2-19-15(21)12(9-10-3-5-11(6-4-10)20(22)23)26-16(19)18-28(24,25)14-8-7-13(17)27-14/h3-9H,2H2,1H3. The van der Waals surface area contributed by atoms with Crippen LogP contribution in [0.2, 0.25) is 4.34 Å². The average molecular weight is 458 g/mol. The molecule has 28 heavy (non-hydrogen) atoms. The van der Waals surface area contributed by atoms with E-state index in [9.17, 15) is 23.3 Å². The van der Waals surface area contributed by atoms with Gasteiger partial charge in [0.25, 0.3) is 21.6 Å². The zero-order valence-electron chi connectivity index (χ0n) is 14.2. The number of thiophene rings is 1. The van der Waals surface area contributed by atoms with Gasteiger partial charge in [0.05, 0.1) is 14.2 Å². The third-order valence-corrected chi connectivity index (χ3v) is 7.69. The molecule has 1 saturated heterocycles. The molecule has 8 nitrogen and oxygen atoms in total. The maximum atomic E-state index is 12.6. The highest BCUT2D eigenvalue weighted by molar-refractivity contribution is 8.19. The largest absolute Gasteiger partial charge is 0.294 e. The molecule has 0 saturated carbocycles. The molecule has 0 N–H and O–H groups in total. The number of rotatable bonds is 5. The molecule has 2 aromatic rings. The lowest BCUT2D eigenvalue weighted by Crippen LogP contribution is -2.29. The zero-order valence-corrected chi connectivity index (χ0v) is 17.4.